The van der Waals surface area contributed by atoms with Crippen LogP contribution in [0.25, 0.3) is 5.69 Å². The number of hydrogen-bond acceptors (Lipinski definition) is 2. The van der Waals surface area contributed by atoms with Crippen LogP contribution in [0.2, 0.25) is 15.1 Å². The van der Waals surface area contributed by atoms with Crippen molar-refractivity contribution in [2.75, 3.05) is 5.32 Å². The van der Waals surface area contributed by atoms with Crippen LogP contribution in [-0.4, -0.2) is 15.7 Å². The van der Waals surface area contributed by atoms with E-state index in [1.54, 1.807) is 30.3 Å². The number of amides is 1. The number of rotatable bonds is 3. The van der Waals surface area contributed by atoms with Gasteiger partial charge in [0.15, 0.2) is 0 Å². The summed E-state index contributed by atoms with van der Waals surface area (Å²) in [6.45, 7) is 0. The quantitative estimate of drug-likeness (QED) is 0.567. The first-order chi connectivity index (χ1) is 11.9. The Hall–Kier alpha value is -1.73. The van der Waals surface area contributed by atoms with Crippen LogP contribution in [-0.2, 0) is 0 Å². The molecule has 9 heteroatoms. The number of carbonyl (C=O) groups is 1. The van der Waals surface area contributed by atoms with Gasteiger partial charge in [-0.1, -0.05) is 53.0 Å². The number of H-pyrrole nitrogens is 1. The summed E-state index contributed by atoms with van der Waals surface area (Å²) in [5.41, 5.74) is 0.221. The number of nitrogens with one attached hydrogen (secondary N) is 2. The highest BCUT2D eigenvalue weighted by Gasteiger charge is 2.19. The molecule has 0 unspecified atom stereocenters. The second-order valence-corrected chi connectivity index (χ2v) is 7.02. The van der Waals surface area contributed by atoms with Crippen LogP contribution in [0.5, 0.6) is 0 Å². The molecule has 1 aromatic heterocycles. The predicted molar refractivity (Wildman–Crippen MR) is 104 cm³/mol. The summed E-state index contributed by atoms with van der Waals surface area (Å²) in [7, 11) is 0. The van der Waals surface area contributed by atoms with Gasteiger partial charge in [0.05, 0.1) is 10.0 Å². The smallest absolute Gasteiger partial charge is 0.287 e. The summed E-state index contributed by atoms with van der Waals surface area (Å²) in [5.74, 6) is -0.191. The van der Waals surface area contributed by atoms with Crippen molar-refractivity contribution in [3.05, 3.63) is 77.9 Å². The molecule has 0 fully saturated rings. The predicted octanol–water partition coefficient (Wildman–Crippen LogP) is 5.14. The summed E-state index contributed by atoms with van der Waals surface area (Å²) < 4.78 is 1.27. The minimum atomic E-state index is -0.463. The summed E-state index contributed by atoms with van der Waals surface area (Å²) in [4.78, 5) is 24.7. The second-order valence-electron chi connectivity index (χ2n) is 4.98. The van der Waals surface area contributed by atoms with E-state index in [0.29, 0.717) is 10.6 Å². The summed E-state index contributed by atoms with van der Waals surface area (Å²) in [6.07, 6.45) is 0. The van der Waals surface area contributed by atoms with Gasteiger partial charge in [-0.05, 0) is 40.2 Å². The summed E-state index contributed by atoms with van der Waals surface area (Å²) in [6, 6.07) is 11.5. The van der Waals surface area contributed by atoms with E-state index in [2.05, 4.69) is 26.3 Å². The zero-order valence-electron chi connectivity index (χ0n) is 12.3. The molecule has 1 heterocycles. The van der Waals surface area contributed by atoms with Gasteiger partial charge in [0, 0.05) is 10.6 Å². The highest BCUT2D eigenvalue weighted by molar-refractivity contribution is 9.10. The van der Waals surface area contributed by atoms with E-state index >= 15 is 0 Å². The summed E-state index contributed by atoms with van der Waals surface area (Å²) in [5, 5.41) is 6.14. The number of aromatic nitrogens is 2. The Labute approximate surface area is 165 Å². The number of carbonyl (C=O) groups excluding carboxylic acids is 1. The maximum absolute atomic E-state index is 12.5. The van der Waals surface area contributed by atoms with Crippen molar-refractivity contribution in [1.29, 1.82) is 0 Å². The summed E-state index contributed by atoms with van der Waals surface area (Å²) >= 11 is 21.4. The molecule has 0 bridgehead atoms. The number of aromatic amines is 1. The molecule has 0 aliphatic carbocycles. The fourth-order valence-corrected chi connectivity index (χ4v) is 3.53. The van der Waals surface area contributed by atoms with E-state index in [-0.39, 0.29) is 31.9 Å². The second kappa shape index (κ2) is 7.25. The molecule has 3 rings (SSSR count). The lowest BCUT2D eigenvalue weighted by Crippen LogP contribution is -2.15. The first kappa shape index (κ1) is 18.1. The third-order valence-corrected chi connectivity index (χ3v) is 4.84. The molecule has 0 aliphatic rings. The Morgan fingerprint density at radius 1 is 1.08 bits per heavy atom. The molecule has 3 aromatic rings. The molecule has 2 aromatic carbocycles. The first-order valence-electron chi connectivity index (χ1n) is 6.90. The fraction of sp³-hybridized carbons (Fsp3) is 0. The fourth-order valence-electron chi connectivity index (χ4n) is 2.18. The molecule has 0 spiro atoms. The Balaban J connectivity index is 2.02. The van der Waals surface area contributed by atoms with Gasteiger partial charge in [0.25, 0.3) is 11.5 Å². The number of hydrogen-bond donors (Lipinski definition) is 2. The van der Waals surface area contributed by atoms with Gasteiger partial charge < -0.3 is 5.32 Å². The SMILES string of the molecule is O=C(Nc1[nH]n(-c2c(Cl)cc(Cl)cc2Cl)c(=O)c1Br)c1ccccc1. The average molecular weight is 462 g/mol. The topological polar surface area (TPSA) is 66.9 Å². The molecule has 5 nitrogen and oxygen atoms in total. The molecule has 0 saturated carbocycles. The van der Waals surface area contributed by atoms with E-state index in [1.807, 2.05) is 0 Å². The molecule has 128 valence electrons. The Morgan fingerprint density at radius 2 is 1.68 bits per heavy atom. The van der Waals surface area contributed by atoms with Crippen LogP contribution in [0.1, 0.15) is 10.4 Å². The minimum Gasteiger partial charge on any atom is -0.306 e. The lowest BCUT2D eigenvalue weighted by Gasteiger charge is -2.08. The van der Waals surface area contributed by atoms with Crippen molar-refractivity contribution in [2.24, 2.45) is 0 Å². The monoisotopic (exact) mass is 459 g/mol. The van der Waals surface area contributed by atoms with Gasteiger partial charge in [-0.15, -0.1) is 0 Å². The van der Waals surface area contributed by atoms with Crippen molar-refractivity contribution in [3.63, 3.8) is 0 Å². The van der Waals surface area contributed by atoms with Crippen LogP contribution < -0.4 is 10.9 Å². The van der Waals surface area contributed by atoms with Crippen LogP contribution >= 0.6 is 50.7 Å². The van der Waals surface area contributed by atoms with Gasteiger partial charge in [0.2, 0.25) is 0 Å². The zero-order valence-corrected chi connectivity index (χ0v) is 16.2. The van der Waals surface area contributed by atoms with Gasteiger partial charge in [-0.2, -0.15) is 0 Å². The van der Waals surface area contributed by atoms with E-state index in [9.17, 15) is 9.59 Å². The Kier molecular flexibility index (Phi) is 5.24. The van der Waals surface area contributed by atoms with Crippen LogP contribution in [0.15, 0.2) is 51.7 Å². The Bertz CT molecular complexity index is 992. The van der Waals surface area contributed by atoms with Crippen molar-refractivity contribution in [3.8, 4) is 5.69 Å². The highest BCUT2D eigenvalue weighted by Crippen LogP contribution is 2.32. The van der Waals surface area contributed by atoms with E-state index in [4.69, 9.17) is 34.8 Å². The molecule has 1 amide bonds. The lowest BCUT2D eigenvalue weighted by molar-refractivity contribution is 0.102. The Morgan fingerprint density at radius 3 is 2.28 bits per heavy atom. The van der Waals surface area contributed by atoms with Crippen molar-refractivity contribution >= 4 is 62.5 Å². The number of nitrogens with zero attached hydrogens (tertiary/aromatic N) is 1. The van der Waals surface area contributed by atoms with Crippen LogP contribution in [0.3, 0.4) is 0 Å². The van der Waals surface area contributed by atoms with Gasteiger partial charge in [-0.3, -0.25) is 14.7 Å². The minimum absolute atomic E-state index is 0.138. The van der Waals surface area contributed by atoms with Crippen molar-refractivity contribution in [2.45, 2.75) is 0 Å². The first-order valence-corrected chi connectivity index (χ1v) is 8.83. The van der Waals surface area contributed by atoms with Crippen molar-refractivity contribution < 1.29 is 4.79 Å². The zero-order chi connectivity index (χ0) is 18.1. The van der Waals surface area contributed by atoms with E-state index < -0.39 is 5.56 Å². The maximum atomic E-state index is 12.5. The average Bonchev–Trinajstić information content (AvgIpc) is 2.83. The van der Waals surface area contributed by atoms with Crippen LogP contribution in [0, 0.1) is 0 Å². The van der Waals surface area contributed by atoms with E-state index in [0.717, 1.165) is 4.68 Å². The highest BCUT2D eigenvalue weighted by atomic mass is 79.9. The molecular weight excluding hydrogens is 452 g/mol. The lowest BCUT2D eigenvalue weighted by atomic mass is 10.2. The third-order valence-electron chi connectivity index (χ3n) is 3.31. The number of anilines is 1. The molecule has 0 saturated heterocycles. The van der Waals surface area contributed by atoms with Gasteiger partial charge in [0.1, 0.15) is 16.0 Å². The molecule has 0 aliphatic heterocycles. The number of benzene rings is 2. The van der Waals surface area contributed by atoms with Crippen molar-refractivity contribution in [1.82, 2.24) is 9.78 Å². The molecule has 25 heavy (non-hydrogen) atoms. The van der Waals surface area contributed by atoms with E-state index in [1.165, 1.54) is 12.1 Å². The molecule has 2 N–H and O–H groups in total. The maximum Gasteiger partial charge on any atom is 0.287 e. The van der Waals surface area contributed by atoms with Crippen LogP contribution in [0.4, 0.5) is 5.82 Å². The van der Waals surface area contributed by atoms with Gasteiger partial charge >= 0.3 is 0 Å². The number of halogens is 4. The molecule has 0 atom stereocenters. The van der Waals surface area contributed by atoms with Gasteiger partial charge in [-0.25, -0.2) is 4.68 Å². The molecular formula is C16H9BrCl3N3O2. The largest absolute Gasteiger partial charge is 0.306 e. The molecule has 0 radical (unpaired) electrons. The standard InChI is InChI=1S/C16H9BrCl3N3O2/c17-12-14(21-15(24)8-4-2-1-3-5-8)22-23(16(12)25)13-10(19)6-9(18)7-11(13)20/h1-7,22H,(H,21,24). The third kappa shape index (κ3) is 3.62. The normalized spacial score (nSPS) is 10.7.